The molecule has 0 aromatic carbocycles. The molecule has 2 heterocycles. The Labute approximate surface area is 124 Å². The van der Waals surface area contributed by atoms with Crippen LogP contribution in [-0.4, -0.2) is 35.9 Å². The zero-order valence-electron chi connectivity index (χ0n) is 12.4. The summed E-state index contributed by atoms with van der Waals surface area (Å²) < 4.78 is 5.47. The van der Waals surface area contributed by atoms with E-state index < -0.39 is 6.04 Å². The van der Waals surface area contributed by atoms with E-state index in [4.69, 9.17) is 10.5 Å². The van der Waals surface area contributed by atoms with E-state index in [0.717, 1.165) is 17.8 Å². The molecule has 1 aliphatic rings. The first kappa shape index (κ1) is 15.4. The number of amides is 1. The maximum Gasteiger partial charge on any atom is 0.223 e. The topological polar surface area (TPSA) is 94.3 Å². The van der Waals surface area contributed by atoms with Crippen LogP contribution in [0.3, 0.4) is 0 Å². The third-order valence-electron chi connectivity index (χ3n) is 3.55. The molecule has 0 bridgehead atoms. The third kappa shape index (κ3) is 4.26. The van der Waals surface area contributed by atoms with E-state index in [1.807, 2.05) is 13.8 Å². The summed E-state index contributed by atoms with van der Waals surface area (Å²) in [5, 5.41) is 2.74. The van der Waals surface area contributed by atoms with Crippen LogP contribution in [0, 0.1) is 19.8 Å². The van der Waals surface area contributed by atoms with E-state index in [-0.39, 0.29) is 24.2 Å². The van der Waals surface area contributed by atoms with Crippen LogP contribution in [0.4, 0.5) is 0 Å². The molecule has 0 aliphatic carbocycles. The molecule has 6 nitrogen and oxygen atoms in total. The van der Waals surface area contributed by atoms with Crippen molar-refractivity contribution in [3.63, 3.8) is 0 Å². The second-order valence-electron chi connectivity index (χ2n) is 5.46. The molecule has 0 spiro atoms. The van der Waals surface area contributed by atoms with E-state index in [0.29, 0.717) is 18.7 Å². The molecule has 3 N–H and O–H groups in total. The lowest BCUT2D eigenvalue weighted by atomic mass is 9.97. The third-order valence-corrected chi connectivity index (χ3v) is 3.55. The predicted molar refractivity (Wildman–Crippen MR) is 77.9 cm³/mol. The molecular weight excluding hydrogens is 270 g/mol. The molecule has 6 heteroatoms. The van der Waals surface area contributed by atoms with Crippen LogP contribution < -0.4 is 15.8 Å². The average Bonchev–Trinajstić information content (AvgIpc) is 2.80. The number of hydrogen-bond donors (Lipinski definition) is 2. The van der Waals surface area contributed by atoms with Crippen molar-refractivity contribution < 1.29 is 14.3 Å². The van der Waals surface area contributed by atoms with Gasteiger partial charge in [-0.15, -0.1) is 0 Å². The highest BCUT2D eigenvalue weighted by molar-refractivity contribution is 5.87. The molecule has 1 aromatic rings. The number of pyridine rings is 1. The lowest BCUT2D eigenvalue weighted by Crippen LogP contribution is -2.37. The molecule has 1 aromatic heterocycles. The van der Waals surface area contributed by atoms with Crippen LogP contribution in [0.5, 0.6) is 5.75 Å². The number of nitrogens with zero attached hydrogens (tertiary/aromatic N) is 1. The number of ether oxygens (including phenoxy) is 1. The lowest BCUT2D eigenvalue weighted by molar-refractivity contribution is -0.124. The van der Waals surface area contributed by atoms with Crippen molar-refractivity contribution in [2.45, 2.75) is 32.7 Å². The van der Waals surface area contributed by atoms with Crippen LogP contribution in [0.2, 0.25) is 0 Å². The number of Topliss-reactive ketones (excluding diaryl/α,β-unsaturated/α-hetero) is 1. The van der Waals surface area contributed by atoms with Crippen LogP contribution in [-0.2, 0) is 9.59 Å². The van der Waals surface area contributed by atoms with E-state index in [1.165, 1.54) is 0 Å². The van der Waals surface area contributed by atoms with Crippen LogP contribution in [0.25, 0.3) is 0 Å². The summed E-state index contributed by atoms with van der Waals surface area (Å²) in [5.41, 5.74) is 7.54. The van der Waals surface area contributed by atoms with Gasteiger partial charge >= 0.3 is 0 Å². The first-order valence-electron chi connectivity index (χ1n) is 7.10. The van der Waals surface area contributed by atoms with Gasteiger partial charge in [-0.25, -0.2) is 0 Å². The number of aryl methyl sites for hydroxylation is 2. The van der Waals surface area contributed by atoms with Crippen LogP contribution in [0.1, 0.15) is 24.2 Å². The number of nitrogens with two attached hydrogens (primary N) is 1. The van der Waals surface area contributed by atoms with Crippen LogP contribution >= 0.6 is 0 Å². The number of carbonyl (C=O) groups excluding carboxylic acids is 2. The summed E-state index contributed by atoms with van der Waals surface area (Å²) in [4.78, 5) is 27.7. The maximum absolute atomic E-state index is 12.0. The van der Waals surface area contributed by atoms with Gasteiger partial charge in [-0.1, -0.05) is 0 Å². The second kappa shape index (κ2) is 6.67. The second-order valence-corrected chi connectivity index (χ2v) is 5.46. The van der Waals surface area contributed by atoms with Gasteiger partial charge in [0.15, 0.2) is 5.78 Å². The smallest absolute Gasteiger partial charge is 0.223 e. The number of hydrogen-bond acceptors (Lipinski definition) is 5. The minimum atomic E-state index is -0.664. The van der Waals surface area contributed by atoms with E-state index in [9.17, 15) is 9.59 Å². The monoisotopic (exact) mass is 291 g/mol. The summed E-state index contributed by atoms with van der Waals surface area (Å²) >= 11 is 0. The summed E-state index contributed by atoms with van der Waals surface area (Å²) in [7, 11) is 0. The van der Waals surface area contributed by atoms with E-state index in [2.05, 4.69) is 10.3 Å². The van der Waals surface area contributed by atoms with Gasteiger partial charge in [0.25, 0.3) is 0 Å². The SMILES string of the molecule is Cc1cc(OCC(=O)C(N)C[C@@H]2CCNC2=O)cc(C)n1. The summed E-state index contributed by atoms with van der Waals surface area (Å²) in [6.07, 6.45) is 1.12. The molecule has 114 valence electrons. The molecule has 2 atom stereocenters. The highest BCUT2D eigenvalue weighted by Gasteiger charge is 2.28. The Kier molecular flexibility index (Phi) is 4.90. The Bertz CT molecular complexity index is 525. The van der Waals surface area contributed by atoms with Gasteiger partial charge in [0, 0.05) is 36.0 Å². The van der Waals surface area contributed by atoms with Gasteiger partial charge in [-0.3, -0.25) is 14.6 Å². The molecule has 0 saturated carbocycles. The fourth-order valence-electron chi connectivity index (χ4n) is 2.45. The molecule has 1 aliphatic heterocycles. The fraction of sp³-hybridized carbons (Fsp3) is 0.533. The Morgan fingerprint density at radius 2 is 2.14 bits per heavy atom. The Morgan fingerprint density at radius 3 is 2.71 bits per heavy atom. The number of nitrogens with one attached hydrogen (secondary N) is 1. The molecule has 2 rings (SSSR count). The molecule has 1 amide bonds. The summed E-state index contributed by atoms with van der Waals surface area (Å²) in [5.74, 6) is 0.245. The largest absolute Gasteiger partial charge is 0.486 e. The quantitative estimate of drug-likeness (QED) is 0.796. The first-order chi connectivity index (χ1) is 9.95. The minimum Gasteiger partial charge on any atom is -0.486 e. The first-order valence-corrected chi connectivity index (χ1v) is 7.10. The molecule has 1 saturated heterocycles. The Hall–Kier alpha value is -1.95. The van der Waals surface area contributed by atoms with Crippen molar-refractivity contribution in [2.75, 3.05) is 13.2 Å². The molecular formula is C15H21N3O3. The predicted octanol–water partition coefficient (Wildman–Crippen LogP) is 0.500. The standard InChI is InChI=1S/C15H21N3O3/c1-9-5-12(6-10(2)18-9)21-8-14(19)13(16)7-11-3-4-17-15(11)20/h5-6,11,13H,3-4,7-8,16H2,1-2H3,(H,17,20)/t11-,13?/m0/s1. The lowest BCUT2D eigenvalue weighted by Gasteiger charge is -2.14. The zero-order chi connectivity index (χ0) is 15.4. The van der Waals surface area contributed by atoms with Gasteiger partial charge in [-0.2, -0.15) is 0 Å². The highest BCUT2D eigenvalue weighted by Crippen LogP contribution is 2.17. The van der Waals surface area contributed by atoms with Gasteiger partial charge in [0.2, 0.25) is 5.91 Å². The van der Waals surface area contributed by atoms with E-state index in [1.54, 1.807) is 12.1 Å². The Morgan fingerprint density at radius 1 is 1.48 bits per heavy atom. The van der Waals surface area contributed by atoms with Crippen LogP contribution in [0.15, 0.2) is 12.1 Å². The fourth-order valence-corrected chi connectivity index (χ4v) is 2.45. The maximum atomic E-state index is 12.0. The zero-order valence-corrected chi connectivity index (χ0v) is 12.4. The average molecular weight is 291 g/mol. The van der Waals surface area contributed by atoms with Crippen molar-refractivity contribution in [3.8, 4) is 5.75 Å². The highest BCUT2D eigenvalue weighted by atomic mass is 16.5. The summed E-state index contributed by atoms with van der Waals surface area (Å²) in [6.45, 7) is 4.31. The summed E-state index contributed by atoms with van der Waals surface area (Å²) in [6, 6.07) is 2.88. The molecule has 1 fully saturated rings. The van der Waals surface area contributed by atoms with Gasteiger partial charge in [0.1, 0.15) is 12.4 Å². The van der Waals surface area contributed by atoms with Gasteiger partial charge in [-0.05, 0) is 26.7 Å². The van der Waals surface area contributed by atoms with Gasteiger partial charge < -0.3 is 15.8 Å². The number of rotatable bonds is 6. The number of aromatic nitrogens is 1. The van der Waals surface area contributed by atoms with Gasteiger partial charge in [0.05, 0.1) is 6.04 Å². The number of carbonyl (C=O) groups is 2. The number of ketones is 1. The van der Waals surface area contributed by atoms with Crippen molar-refractivity contribution in [2.24, 2.45) is 11.7 Å². The van der Waals surface area contributed by atoms with Crippen molar-refractivity contribution in [3.05, 3.63) is 23.5 Å². The molecule has 0 radical (unpaired) electrons. The normalized spacial score (nSPS) is 19.2. The van der Waals surface area contributed by atoms with Crippen molar-refractivity contribution >= 4 is 11.7 Å². The minimum absolute atomic E-state index is 0.0143. The van der Waals surface area contributed by atoms with Crippen molar-refractivity contribution in [1.29, 1.82) is 0 Å². The Balaban J connectivity index is 1.84. The van der Waals surface area contributed by atoms with E-state index >= 15 is 0 Å². The molecule has 21 heavy (non-hydrogen) atoms. The van der Waals surface area contributed by atoms with Crippen molar-refractivity contribution in [1.82, 2.24) is 10.3 Å². The molecule has 1 unspecified atom stereocenters.